The SMILES string of the molecule is COc1ccc(C(=O)N2CCCC(COc3ccccc3C(=O)NC3CC3)C2)c(OC)n1. The Bertz CT molecular complexity index is 976. The second kappa shape index (κ2) is 9.89. The second-order valence-corrected chi connectivity index (χ2v) is 8.22. The van der Waals surface area contributed by atoms with Crippen LogP contribution in [0.5, 0.6) is 17.5 Å². The van der Waals surface area contributed by atoms with Crippen LogP contribution in [0.2, 0.25) is 0 Å². The smallest absolute Gasteiger partial charge is 0.259 e. The number of methoxy groups -OCH3 is 2. The molecular formula is C24H29N3O5. The van der Waals surface area contributed by atoms with E-state index in [1.807, 2.05) is 23.1 Å². The van der Waals surface area contributed by atoms with E-state index >= 15 is 0 Å². The molecule has 2 fully saturated rings. The van der Waals surface area contributed by atoms with Crippen molar-refractivity contribution in [1.82, 2.24) is 15.2 Å². The first-order valence-corrected chi connectivity index (χ1v) is 11.0. The number of carbonyl (C=O) groups is 2. The van der Waals surface area contributed by atoms with Crippen LogP contribution in [0, 0.1) is 5.92 Å². The number of hydrogen-bond acceptors (Lipinski definition) is 6. The number of benzene rings is 1. The first-order chi connectivity index (χ1) is 15.6. The summed E-state index contributed by atoms with van der Waals surface area (Å²) in [6.45, 7) is 1.69. The summed E-state index contributed by atoms with van der Waals surface area (Å²) in [7, 11) is 3.01. The van der Waals surface area contributed by atoms with Gasteiger partial charge in [-0.3, -0.25) is 9.59 Å². The van der Waals surface area contributed by atoms with Gasteiger partial charge in [0.2, 0.25) is 11.8 Å². The number of para-hydroxylation sites is 1. The molecule has 1 atom stereocenters. The van der Waals surface area contributed by atoms with Crippen molar-refractivity contribution < 1.29 is 23.8 Å². The summed E-state index contributed by atoms with van der Waals surface area (Å²) >= 11 is 0. The van der Waals surface area contributed by atoms with E-state index in [0.717, 1.165) is 25.7 Å². The van der Waals surface area contributed by atoms with Crippen LogP contribution in [-0.4, -0.2) is 61.7 Å². The van der Waals surface area contributed by atoms with Crippen LogP contribution in [0.3, 0.4) is 0 Å². The molecule has 2 heterocycles. The largest absolute Gasteiger partial charge is 0.492 e. The zero-order chi connectivity index (χ0) is 22.5. The van der Waals surface area contributed by atoms with Gasteiger partial charge in [0, 0.05) is 31.1 Å². The third kappa shape index (κ3) is 5.12. The van der Waals surface area contributed by atoms with Gasteiger partial charge in [0.05, 0.1) is 26.4 Å². The monoisotopic (exact) mass is 439 g/mol. The van der Waals surface area contributed by atoms with Gasteiger partial charge in [-0.15, -0.1) is 0 Å². The van der Waals surface area contributed by atoms with E-state index in [0.29, 0.717) is 42.5 Å². The average Bonchev–Trinajstić information content (AvgIpc) is 3.66. The Balaban J connectivity index is 1.39. The van der Waals surface area contributed by atoms with Crippen LogP contribution < -0.4 is 19.5 Å². The van der Waals surface area contributed by atoms with Crippen molar-refractivity contribution in [2.24, 2.45) is 5.92 Å². The fourth-order valence-corrected chi connectivity index (χ4v) is 3.89. The average molecular weight is 440 g/mol. The van der Waals surface area contributed by atoms with Crippen molar-refractivity contribution in [3.63, 3.8) is 0 Å². The fraction of sp³-hybridized carbons (Fsp3) is 0.458. The van der Waals surface area contributed by atoms with Gasteiger partial charge < -0.3 is 24.4 Å². The van der Waals surface area contributed by atoms with Gasteiger partial charge in [0.25, 0.3) is 11.8 Å². The Hall–Kier alpha value is -3.29. The number of nitrogens with zero attached hydrogens (tertiary/aromatic N) is 2. The molecule has 170 valence electrons. The molecule has 4 rings (SSSR count). The summed E-state index contributed by atoms with van der Waals surface area (Å²) in [5, 5.41) is 3.01. The summed E-state index contributed by atoms with van der Waals surface area (Å²) in [4.78, 5) is 31.7. The van der Waals surface area contributed by atoms with E-state index in [4.69, 9.17) is 14.2 Å². The van der Waals surface area contributed by atoms with Crippen molar-refractivity contribution >= 4 is 11.8 Å². The summed E-state index contributed by atoms with van der Waals surface area (Å²) in [5.74, 6) is 1.18. The molecule has 0 bridgehead atoms. The Labute approximate surface area is 187 Å². The lowest BCUT2D eigenvalue weighted by atomic mass is 9.98. The number of carbonyl (C=O) groups excluding carboxylic acids is 2. The maximum atomic E-state index is 13.1. The molecular weight excluding hydrogens is 410 g/mol. The Kier molecular flexibility index (Phi) is 6.78. The Morgan fingerprint density at radius 1 is 1.06 bits per heavy atom. The molecule has 1 saturated heterocycles. The molecule has 1 aromatic heterocycles. The zero-order valence-electron chi connectivity index (χ0n) is 18.5. The first-order valence-electron chi connectivity index (χ1n) is 11.0. The van der Waals surface area contributed by atoms with Crippen molar-refractivity contribution in [3.8, 4) is 17.5 Å². The van der Waals surface area contributed by atoms with Crippen molar-refractivity contribution in [2.75, 3.05) is 33.9 Å². The second-order valence-electron chi connectivity index (χ2n) is 8.22. The highest BCUT2D eigenvalue weighted by molar-refractivity contribution is 5.97. The Morgan fingerprint density at radius 3 is 2.62 bits per heavy atom. The highest BCUT2D eigenvalue weighted by Gasteiger charge is 2.28. The number of ether oxygens (including phenoxy) is 3. The number of likely N-dealkylation sites (tertiary alicyclic amines) is 1. The molecule has 1 N–H and O–H groups in total. The molecule has 8 nitrogen and oxygen atoms in total. The number of rotatable bonds is 8. The standard InChI is InChI=1S/C24H29N3O5/c1-30-21-12-11-19(23(26-21)31-2)24(29)27-13-5-6-16(14-27)15-32-20-8-4-3-7-18(20)22(28)25-17-9-10-17/h3-4,7-8,11-12,16-17H,5-6,9-10,13-15H2,1-2H3,(H,25,28). The molecule has 8 heteroatoms. The Morgan fingerprint density at radius 2 is 1.88 bits per heavy atom. The number of hydrogen-bond donors (Lipinski definition) is 1. The third-order valence-corrected chi connectivity index (χ3v) is 5.79. The van der Waals surface area contributed by atoms with E-state index in [-0.39, 0.29) is 29.7 Å². The lowest BCUT2D eigenvalue weighted by molar-refractivity contribution is 0.0629. The number of nitrogens with one attached hydrogen (secondary N) is 1. The minimum Gasteiger partial charge on any atom is -0.492 e. The molecule has 1 unspecified atom stereocenters. The maximum absolute atomic E-state index is 13.1. The van der Waals surface area contributed by atoms with E-state index < -0.39 is 0 Å². The third-order valence-electron chi connectivity index (χ3n) is 5.79. The van der Waals surface area contributed by atoms with E-state index in [2.05, 4.69) is 10.3 Å². The van der Waals surface area contributed by atoms with Crippen LogP contribution in [-0.2, 0) is 0 Å². The molecule has 1 aliphatic carbocycles. The van der Waals surface area contributed by atoms with Crippen LogP contribution >= 0.6 is 0 Å². The lowest BCUT2D eigenvalue weighted by Crippen LogP contribution is -2.41. The molecule has 1 saturated carbocycles. The minimum absolute atomic E-state index is 0.0948. The van der Waals surface area contributed by atoms with E-state index in [1.54, 1.807) is 18.2 Å². The highest BCUT2D eigenvalue weighted by atomic mass is 16.5. The van der Waals surface area contributed by atoms with Crippen molar-refractivity contribution in [1.29, 1.82) is 0 Å². The van der Waals surface area contributed by atoms with Gasteiger partial charge in [-0.25, -0.2) is 0 Å². The van der Waals surface area contributed by atoms with Crippen molar-refractivity contribution in [2.45, 2.75) is 31.7 Å². The normalized spacial score (nSPS) is 18.1. The van der Waals surface area contributed by atoms with Gasteiger partial charge >= 0.3 is 0 Å². The predicted molar refractivity (Wildman–Crippen MR) is 118 cm³/mol. The quantitative estimate of drug-likeness (QED) is 0.680. The lowest BCUT2D eigenvalue weighted by Gasteiger charge is -2.33. The molecule has 0 radical (unpaired) electrons. The maximum Gasteiger partial charge on any atom is 0.259 e. The number of amides is 2. The molecule has 2 aromatic rings. The minimum atomic E-state index is -0.120. The zero-order valence-corrected chi connectivity index (χ0v) is 18.5. The van der Waals surface area contributed by atoms with Gasteiger partial charge in [-0.1, -0.05) is 12.1 Å². The van der Waals surface area contributed by atoms with Crippen molar-refractivity contribution in [3.05, 3.63) is 47.5 Å². The predicted octanol–water partition coefficient (Wildman–Crippen LogP) is 2.92. The van der Waals surface area contributed by atoms with Crippen LogP contribution in [0.15, 0.2) is 36.4 Å². The number of aromatic nitrogens is 1. The van der Waals surface area contributed by atoms with E-state index in [1.165, 1.54) is 14.2 Å². The van der Waals surface area contributed by atoms with E-state index in [9.17, 15) is 9.59 Å². The van der Waals surface area contributed by atoms with Crippen LogP contribution in [0.1, 0.15) is 46.4 Å². The number of piperidine rings is 1. The summed E-state index contributed by atoms with van der Waals surface area (Å²) in [5.41, 5.74) is 0.967. The van der Waals surface area contributed by atoms with Gasteiger partial charge in [0.1, 0.15) is 11.3 Å². The summed E-state index contributed by atoms with van der Waals surface area (Å²) in [6.07, 6.45) is 3.91. The summed E-state index contributed by atoms with van der Waals surface area (Å²) < 4.78 is 16.5. The molecule has 32 heavy (non-hydrogen) atoms. The molecule has 2 amide bonds. The molecule has 1 aliphatic heterocycles. The topological polar surface area (TPSA) is 90.0 Å². The highest BCUT2D eigenvalue weighted by Crippen LogP contribution is 2.26. The number of pyridine rings is 1. The summed E-state index contributed by atoms with van der Waals surface area (Å²) in [6, 6.07) is 10.9. The molecule has 1 aromatic carbocycles. The fourth-order valence-electron chi connectivity index (χ4n) is 3.89. The molecule has 2 aliphatic rings. The van der Waals surface area contributed by atoms with Gasteiger partial charge in [-0.05, 0) is 43.9 Å². The first kappa shape index (κ1) is 21.9. The van der Waals surface area contributed by atoms with Gasteiger partial charge in [-0.2, -0.15) is 4.98 Å². The van der Waals surface area contributed by atoms with Gasteiger partial charge in [0.15, 0.2) is 0 Å². The van der Waals surface area contributed by atoms with Crippen LogP contribution in [0.25, 0.3) is 0 Å². The van der Waals surface area contributed by atoms with Crippen LogP contribution in [0.4, 0.5) is 0 Å². The molecule has 0 spiro atoms.